The number of morpholine rings is 1. The molecule has 0 bridgehead atoms. The predicted octanol–water partition coefficient (Wildman–Crippen LogP) is 3.95. The summed E-state index contributed by atoms with van der Waals surface area (Å²) < 4.78 is 20.9. The molecule has 3 unspecified atom stereocenters. The highest BCUT2D eigenvalue weighted by molar-refractivity contribution is 5.99. The smallest absolute Gasteiger partial charge is 0.249 e. The van der Waals surface area contributed by atoms with Crippen LogP contribution < -0.4 is 9.80 Å². The lowest BCUT2D eigenvalue weighted by atomic mass is 10.1. The number of rotatable bonds is 8. The summed E-state index contributed by atoms with van der Waals surface area (Å²) in [5.41, 5.74) is 3.84. The Morgan fingerprint density at radius 3 is 2.35 bits per heavy atom. The second-order valence-electron chi connectivity index (χ2n) is 11.9. The molecule has 3 atom stereocenters. The van der Waals surface area contributed by atoms with Crippen molar-refractivity contribution in [1.82, 2.24) is 9.80 Å². The van der Waals surface area contributed by atoms with Crippen LogP contribution in [0.5, 0.6) is 0 Å². The van der Waals surface area contributed by atoms with E-state index in [-0.39, 0.29) is 17.6 Å². The second-order valence-corrected chi connectivity index (χ2v) is 11.9. The standard InChI is InChI=1S/C32H41FN4O3/c1-3-23-6-8-24(9-7-23)18-34-19-26-27(20-34)28(26)21-37(32(39)31-5-4-12-36(31)22(2)38)25-10-11-30(29(33)17-25)35-13-15-40-16-14-35/h6-11,17,26-28,31H,3-5,12-16,18-21H2,1-2H3. The van der Waals surface area contributed by atoms with Crippen LogP contribution in [-0.2, 0) is 27.3 Å². The monoisotopic (exact) mass is 548 g/mol. The molecule has 1 saturated carbocycles. The van der Waals surface area contributed by atoms with E-state index in [1.807, 2.05) is 11.0 Å². The molecular formula is C32H41FN4O3. The lowest BCUT2D eigenvalue weighted by Gasteiger charge is -2.32. The molecule has 3 aliphatic heterocycles. The van der Waals surface area contributed by atoms with Gasteiger partial charge in [-0.3, -0.25) is 14.5 Å². The number of ether oxygens (including phenoxy) is 1. The van der Waals surface area contributed by atoms with E-state index < -0.39 is 6.04 Å². The Morgan fingerprint density at radius 1 is 1.00 bits per heavy atom. The van der Waals surface area contributed by atoms with Crippen molar-refractivity contribution in [2.24, 2.45) is 17.8 Å². The zero-order valence-electron chi connectivity index (χ0n) is 23.7. The summed E-state index contributed by atoms with van der Waals surface area (Å²) in [6, 6.07) is 13.6. The van der Waals surface area contributed by atoms with Crippen LogP contribution in [0.25, 0.3) is 0 Å². The minimum atomic E-state index is -0.472. The first-order chi connectivity index (χ1) is 19.4. The topological polar surface area (TPSA) is 56.3 Å². The molecule has 1 aliphatic carbocycles. The molecule has 8 heteroatoms. The van der Waals surface area contributed by atoms with E-state index >= 15 is 4.39 Å². The van der Waals surface area contributed by atoms with E-state index in [0.29, 0.717) is 74.9 Å². The lowest BCUT2D eigenvalue weighted by molar-refractivity contribution is -0.135. The predicted molar refractivity (Wildman–Crippen MR) is 154 cm³/mol. The van der Waals surface area contributed by atoms with Gasteiger partial charge in [-0.25, -0.2) is 4.39 Å². The molecule has 0 radical (unpaired) electrons. The molecule has 2 aromatic carbocycles. The number of fused-ring (bicyclic) bond motifs is 1. The lowest BCUT2D eigenvalue weighted by Crippen LogP contribution is -2.48. The van der Waals surface area contributed by atoms with Gasteiger partial charge in [0.05, 0.1) is 18.9 Å². The third-order valence-corrected chi connectivity index (χ3v) is 9.48. The van der Waals surface area contributed by atoms with E-state index in [2.05, 4.69) is 36.1 Å². The fourth-order valence-corrected chi connectivity index (χ4v) is 7.11. The average Bonchev–Trinajstić information content (AvgIpc) is 3.31. The highest BCUT2D eigenvalue weighted by Crippen LogP contribution is 2.52. The van der Waals surface area contributed by atoms with Gasteiger partial charge in [-0.05, 0) is 66.3 Å². The first kappa shape index (κ1) is 27.2. The molecule has 2 aromatic rings. The maximum absolute atomic E-state index is 15.4. The zero-order valence-corrected chi connectivity index (χ0v) is 23.7. The number of likely N-dealkylation sites (tertiary alicyclic amines) is 2. The van der Waals surface area contributed by atoms with Crippen LogP contribution in [0.1, 0.15) is 37.8 Å². The first-order valence-corrected chi connectivity index (χ1v) is 14.9. The Balaban J connectivity index is 1.16. The number of carbonyl (C=O) groups excluding carboxylic acids is 2. The molecule has 2 amide bonds. The van der Waals surface area contributed by atoms with Crippen molar-refractivity contribution >= 4 is 23.2 Å². The van der Waals surface area contributed by atoms with Crippen molar-refractivity contribution in [3.05, 3.63) is 59.4 Å². The quantitative estimate of drug-likeness (QED) is 0.500. The second kappa shape index (κ2) is 11.5. The van der Waals surface area contributed by atoms with Gasteiger partial charge in [-0.2, -0.15) is 0 Å². The summed E-state index contributed by atoms with van der Waals surface area (Å²) in [6.45, 7) is 10.4. The summed E-state index contributed by atoms with van der Waals surface area (Å²) in [5, 5.41) is 0. The van der Waals surface area contributed by atoms with Crippen LogP contribution in [0.2, 0.25) is 0 Å². The van der Waals surface area contributed by atoms with Crippen molar-refractivity contribution in [2.75, 3.05) is 62.3 Å². The molecule has 214 valence electrons. The number of hydrogen-bond donors (Lipinski definition) is 0. The average molecular weight is 549 g/mol. The molecular weight excluding hydrogens is 507 g/mol. The molecule has 6 rings (SSSR count). The molecule has 40 heavy (non-hydrogen) atoms. The first-order valence-electron chi connectivity index (χ1n) is 14.9. The van der Waals surface area contributed by atoms with Crippen molar-refractivity contribution < 1.29 is 18.7 Å². The minimum Gasteiger partial charge on any atom is -0.378 e. The highest BCUT2D eigenvalue weighted by Gasteiger charge is 2.56. The Labute approximate surface area is 236 Å². The van der Waals surface area contributed by atoms with Gasteiger partial charge in [-0.15, -0.1) is 0 Å². The van der Waals surface area contributed by atoms with Gasteiger partial charge in [0, 0.05) is 58.4 Å². The SMILES string of the molecule is CCc1ccc(CN2CC3C(C2)C3CN(C(=O)C2CCCN2C(C)=O)c2ccc(N3CCOCC3)c(F)c2)cc1. The van der Waals surface area contributed by atoms with Crippen molar-refractivity contribution in [3.63, 3.8) is 0 Å². The summed E-state index contributed by atoms with van der Waals surface area (Å²) >= 11 is 0. The van der Waals surface area contributed by atoms with Crippen molar-refractivity contribution in [2.45, 2.75) is 45.7 Å². The Bertz CT molecular complexity index is 1220. The Hall–Kier alpha value is -2.97. The van der Waals surface area contributed by atoms with Crippen LogP contribution in [-0.4, -0.2) is 80.1 Å². The molecule has 4 fully saturated rings. The minimum absolute atomic E-state index is 0.0736. The van der Waals surface area contributed by atoms with Gasteiger partial charge in [0.1, 0.15) is 11.9 Å². The molecule has 3 heterocycles. The van der Waals surface area contributed by atoms with Gasteiger partial charge in [-0.1, -0.05) is 31.2 Å². The number of halogens is 1. The van der Waals surface area contributed by atoms with Crippen LogP contribution in [0, 0.1) is 23.6 Å². The molecule has 0 aromatic heterocycles. The maximum Gasteiger partial charge on any atom is 0.249 e. The number of anilines is 2. The number of nitrogens with zero attached hydrogens (tertiary/aromatic N) is 4. The summed E-state index contributed by atoms with van der Waals surface area (Å²) in [7, 11) is 0. The number of piperidine rings is 1. The van der Waals surface area contributed by atoms with E-state index in [1.165, 1.54) is 24.1 Å². The van der Waals surface area contributed by atoms with Gasteiger partial charge < -0.3 is 19.4 Å². The number of carbonyl (C=O) groups is 2. The number of benzene rings is 2. The number of aryl methyl sites for hydroxylation is 1. The van der Waals surface area contributed by atoms with E-state index in [1.54, 1.807) is 15.9 Å². The van der Waals surface area contributed by atoms with Crippen LogP contribution in [0.4, 0.5) is 15.8 Å². The summed E-state index contributed by atoms with van der Waals surface area (Å²) in [4.78, 5) is 34.2. The van der Waals surface area contributed by atoms with Gasteiger partial charge in [0.25, 0.3) is 0 Å². The normalized spacial score (nSPS) is 26.2. The molecule has 0 N–H and O–H groups in total. The van der Waals surface area contributed by atoms with Crippen molar-refractivity contribution in [3.8, 4) is 0 Å². The van der Waals surface area contributed by atoms with Crippen molar-refractivity contribution in [1.29, 1.82) is 0 Å². The highest BCUT2D eigenvalue weighted by atomic mass is 19.1. The van der Waals surface area contributed by atoms with Gasteiger partial charge in [0.15, 0.2) is 0 Å². The molecule has 4 aliphatic rings. The summed E-state index contributed by atoms with van der Waals surface area (Å²) in [5.74, 6) is 1.03. The van der Waals surface area contributed by atoms with Crippen LogP contribution in [0.3, 0.4) is 0 Å². The number of amides is 2. The largest absolute Gasteiger partial charge is 0.378 e. The Morgan fingerprint density at radius 2 is 1.70 bits per heavy atom. The molecule has 3 saturated heterocycles. The number of hydrogen-bond acceptors (Lipinski definition) is 5. The van der Waals surface area contributed by atoms with E-state index in [0.717, 1.165) is 32.5 Å². The van der Waals surface area contributed by atoms with Crippen LogP contribution >= 0.6 is 0 Å². The Kier molecular flexibility index (Phi) is 7.82. The van der Waals surface area contributed by atoms with Crippen LogP contribution in [0.15, 0.2) is 42.5 Å². The molecule has 7 nitrogen and oxygen atoms in total. The van der Waals surface area contributed by atoms with E-state index in [4.69, 9.17) is 4.74 Å². The molecule has 0 spiro atoms. The summed E-state index contributed by atoms with van der Waals surface area (Å²) in [6.07, 6.45) is 2.53. The van der Waals surface area contributed by atoms with Gasteiger partial charge in [0.2, 0.25) is 11.8 Å². The third-order valence-electron chi connectivity index (χ3n) is 9.48. The fourth-order valence-electron chi connectivity index (χ4n) is 7.11. The maximum atomic E-state index is 15.4. The third kappa shape index (κ3) is 5.48. The fraction of sp³-hybridized carbons (Fsp3) is 0.562. The van der Waals surface area contributed by atoms with E-state index in [9.17, 15) is 9.59 Å². The van der Waals surface area contributed by atoms with Gasteiger partial charge >= 0.3 is 0 Å². The zero-order chi connectivity index (χ0) is 27.8.